The van der Waals surface area contributed by atoms with E-state index in [4.69, 9.17) is 0 Å². The molecule has 0 aromatic heterocycles. The predicted molar refractivity (Wildman–Crippen MR) is 26.3 cm³/mol. The fourth-order valence-corrected chi connectivity index (χ4v) is 0.704. The van der Waals surface area contributed by atoms with Gasteiger partial charge in [0.2, 0.25) is 0 Å². The van der Waals surface area contributed by atoms with E-state index in [2.05, 4.69) is 7.05 Å². The van der Waals surface area contributed by atoms with Gasteiger partial charge in [-0.2, -0.15) is 0 Å². The lowest BCUT2D eigenvalue weighted by Gasteiger charge is -2.14. The van der Waals surface area contributed by atoms with Crippen LogP contribution in [0.15, 0.2) is 0 Å². The minimum Gasteiger partial charge on any atom is -0.496 e. The van der Waals surface area contributed by atoms with Crippen LogP contribution in [0.1, 0.15) is 12.8 Å². The van der Waals surface area contributed by atoms with Gasteiger partial charge in [0.15, 0.2) is 5.91 Å². The Hall–Kier alpha value is -0.530. The number of hydrogen-bond acceptors (Lipinski definition) is 1. The highest BCUT2D eigenvalue weighted by atomic mass is 16.2. The zero-order valence-electron chi connectivity index (χ0n) is 4.18. The molecular formula is C5H8NO-. The van der Waals surface area contributed by atoms with Crippen LogP contribution in [0.25, 0.3) is 0 Å². The van der Waals surface area contributed by atoms with Crippen LogP contribution in [0.2, 0.25) is 0 Å². The summed E-state index contributed by atoms with van der Waals surface area (Å²) in [4.78, 5) is 12.0. The third-order valence-corrected chi connectivity index (χ3v) is 1.17. The first kappa shape index (κ1) is 4.62. The number of nitrogens with zero attached hydrogens (tertiary/aromatic N) is 1. The molecule has 2 nitrogen and oxygen atoms in total. The molecule has 1 saturated heterocycles. The first-order valence-corrected chi connectivity index (χ1v) is 2.41. The van der Waals surface area contributed by atoms with Gasteiger partial charge in [-0.15, -0.1) is 0 Å². The number of rotatable bonds is 0. The van der Waals surface area contributed by atoms with Crippen molar-refractivity contribution in [3.8, 4) is 0 Å². The molecule has 40 valence electrons. The highest BCUT2D eigenvalue weighted by molar-refractivity contribution is 5.78. The van der Waals surface area contributed by atoms with Crippen LogP contribution in [0.4, 0.5) is 0 Å². The van der Waals surface area contributed by atoms with Gasteiger partial charge in [0.25, 0.3) is 0 Å². The smallest absolute Gasteiger partial charge is 0.193 e. The molecule has 0 atom stereocenters. The number of likely N-dealkylation sites (tertiary alicyclic amines) is 1. The summed E-state index contributed by atoms with van der Waals surface area (Å²) in [5.74, 6) is 0.181. The fourth-order valence-electron chi connectivity index (χ4n) is 0.704. The van der Waals surface area contributed by atoms with Crippen LogP contribution in [0, 0.1) is 7.05 Å². The van der Waals surface area contributed by atoms with Gasteiger partial charge in [0.1, 0.15) is 0 Å². The molecule has 1 amide bonds. The van der Waals surface area contributed by atoms with Crippen molar-refractivity contribution >= 4 is 5.91 Å². The summed E-state index contributed by atoms with van der Waals surface area (Å²) in [6.07, 6.45) is 1.69. The summed E-state index contributed by atoms with van der Waals surface area (Å²) in [7, 11) is 3.50. The number of hydrogen-bond donors (Lipinski definition) is 0. The van der Waals surface area contributed by atoms with E-state index < -0.39 is 0 Å². The van der Waals surface area contributed by atoms with Crippen molar-refractivity contribution in [1.82, 2.24) is 4.90 Å². The standard InChI is InChI=1S/C5H8NO/c1-6-4-2-3-5(6)7/h1-4H2/q-1. The summed E-state index contributed by atoms with van der Waals surface area (Å²) < 4.78 is 0. The summed E-state index contributed by atoms with van der Waals surface area (Å²) in [6.45, 7) is 0.846. The Labute approximate surface area is 43.1 Å². The van der Waals surface area contributed by atoms with E-state index in [0.29, 0.717) is 6.42 Å². The summed E-state index contributed by atoms with van der Waals surface area (Å²) in [5, 5.41) is 0. The predicted octanol–water partition coefficient (Wildman–Crippen LogP) is 0.400. The summed E-state index contributed by atoms with van der Waals surface area (Å²) in [6, 6.07) is 0. The van der Waals surface area contributed by atoms with Crippen molar-refractivity contribution in [1.29, 1.82) is 0 Å². The first-order chi connectivity index (χ1) is 3.30. The maximum atomic E-state index is 10.4. The lowest BCUT2D eigenvalue weighted by molar-refractivity contribution is -0.125. The Morgan fingerprint density at radius 3 is 2.57 bits per heavy atom. The molecular weight excluding hydrogens is 90.1 g/mol. The Bertz CT molecular complexity index is 90.1. The lowest BCUT2D eigenvalue weighted by Crippen LogP contribution is -2.15. The monoisotopic (exact) mass is 98.1 g/mol. The average Bonchev–Trinajstić information content (AvgIpc) is 1.91. The average molecular weight is 98.1 g/mol. The van der Waals surface area contributed by atoms with Crippen LogP contribution in [-0.4, -0.2) is 17.4 Å². The Kier molecular flexibility index (Phi) is 1.01. The van der Waals surface area contributed by atoms with Crippen LogP contribution in [-0.2, 0) is 4.79 Å². The number of amides is 1. The molecule has 0 spiro atoms. The second kappa shape index (κ2) is 1.52. The fraction of sp³-hybridized carbons (Fsp3) is 0.600. The van der Waals surface area contributed by atoms with Gasteiger partial charge < -0.3 is 4.90 Å². The molecule has 0 radical (unpaired) electrons. The minimum absolute atomic E-state index is 0.181. The molecule has 1 rings (SSSR count). The lowest BCUT2D eigenvalue weighted by atomic mass is 10.4. The molecule has 0 N–H and O–H groups in total. The van der Waals surface area contributed by atoms with E-state index in [1.807, 2.05) is 0 Å². The number of carbonyl (C=O) groups is 1. The molecule has 7 heavy (non-hydrogen) atoms. The van der Waals surface area contributed by atoms with E-state index in [9.17, 15) is 4.79 Å². The van der Waals surface area contributed by atoms with Gasteiger partial charge in [-0.1, -0.05) is 0 Å². The van der Waals surface area contributed by atoms with Crippen molar-refractivity contribution in [2.24, 2.45) is 0 Å². The normalized spacial score (nSPS) is 21.3. The molecule has 0 saturated carbocycles. The van der Waals surface area contributed by atoms with Crippen molar-refractivity contribution in [2.75, 3.05) is 6.54 Å². The molecule has 1 heterocycles. The maximum absolute atomic E-state index is 10.4. The Morgan fingerprint density at radius 1 is 1.71 bits per heavy atom. The Balaban J connectivity index is 2.48. The van der Waals surface area contributed by atoms with Gasteiger partial charge in [-0.25, -0.2) is 0 Å². The molecule has 1 aliphatic rings. The van der Waals surface area contributed by atoms with Gasteiger partial charge in [-0.05, 0) is 13.0 Å². The third kappa shape index (κ3) is 0.734. The molecule has 1 fully saturated rings. The van der Waals surface area contributed by atoms with E-state index in [1.165, 1.54) is 4.90 Å². The van der Waals surface area contributed by atoms with Crippen LogP contribution >= 0.6 is 0 Å². The highest BCUT2D eigenvalue weighted by Gasteiger charge is 2.08. The van der Waals surface area contributed by atoms with Crippen LogP contribution in [0.5, 0.6) is 0 Å². The first-order valence-electron chi connectivity index (χ1n) is 2.41. The SMILES string of the molecule is [CH2-]N1CCCC1=O. The molecule has 0 aromatic rings. The quantitative estimate of drug-likeness (QED) is 0.401. The van der Waals surface area contributed by atoms with Gasteiger partial charge in [0, 0.05) is 6.42 Å². The zero-order chi connectivity index (χ0) is 5.28. The van der Waals surface area contributed by atoms with E-state index in [0.717, 1.165) is 13.0 Å². The molecule has 0 bridgehead atoms. The summed E-state index contributed by atoms with van der Waals surface area (Å²) in [5.41, 5.74) is 0. The topological polar surface area (TPSA) is 20.3 Å². The Morgan fingerprint density at radius 2 is 2.43 bits per heavy atom. The van der Waals surface area contributed by atoms with Crippen LogP contribution in [0.3, 0.4) is 0 Å². The molecule has 0 aromatic carbocycles. The van der Waals surface area contributed by atoms with Gasteiger partial charge in [0.05, 0.1) is 0 Å². The van der Waals surface area contributed by atoms with Crippen molar-refractivity contribution in [3.63, 3.8) is 0 Å². The van der Waals surface area contributed by atoms with E-state index in [-0.39, 0.29) is 5.91 Å². The minimum atomic E-state index is 0.181. The maximum Gasteiger partial charge on any atom is 0.193 e. The zero-order valence-corrected chi connectivity index (χ0v) is 4.18. The van der Waals surface area contributed by atoms with Crippen LogP contribution < -0.4 is 0 Å². The molecule has 1 aliphatic heterocycles. The van der Waals surface area contributed by atoms with E-state index >= 15 is 0 Å². The molecule has 0 unspecified atom stereocenters. The number of carbonyl (C=O) groups excluding carboxylic acids is 1. The van der Waals surface area contributed by atoms with Gasteiger partial charge in [-0.3, -0.25) is 11.8 Å². The largest absolute Gasteiger partial charge is 0.496 e. The van der Waals surface area contributed by atoms with Crippen molar-refractivity contribution < 1.29 is 4.79 Å². The second-order valence-electron chi connectivity index (χ2n) is 1.76. The molecule has 2 heteroatoms. The highest BCUT2D eigenvalue weighted by Crippen LogP contribution is 2.05. The van der Waals surface area contributed by atoms with Gasteiger partial charge >= 0.3 is 0 Å². The third-order valence-electron chi connectivity index (χ3n) is 1.17. The molecule has 0 aliphatic carbocycles. The van der Waals surface area contributed by atoms with Crippen molar-refractivity contribution in [3.05, 3.63) is 7.05 Å². The second-order valence-corrected chi connectivity index (χ2v) is 1.76. The summed E-state index contributed by atoms with van der Waals surface area (Å²) >= 11 is 0. The van der Waals surface area contributed by atoms with E-state index in [1.54, 1.807) is 0 Å². The van der Waals surface area contributed by atoms with Crippen molar-refractivity contribution in [2.45, 2.75) is 12.8 Å².